The standard InChI is InChI=1S/C62H43N3/c1-6-18-44(19-7-1)46-30-35-53(36-31-46)63(50-23-10-3-11-24-50)55-39-40-57-49(42-55)43-59(64(51-25-12-4-13-26-51)54-37-32-47(33-38-54)45-20-8-2-9-21-45)62-61(57)60-56-29-17-16-22-48(56)34-41-58(60)65(62)52-27-14-5-15-28-52/h1-43H. The Kier molecular flexibility index (Phi) is 9.50. The summed E-state index contributed by atoms with van der Waals surface area (Å²) in [5, 5.41) is 7.26. The fourth-order valence-electron chi connectivity index (χ4n) is 9.73. The lowest BCUT2D eigenvalue weighted by Crippen LogP contribution is -2.12. The van der Waals surface area contributed by atoms with Gasteiger partial charge in [0.05, 0.1) is 16.7 Å². The Balaban J connectivity index is 1.17. The quantitative estimate of drug-likeness (QED) is 0.144. The molecule has 0 bridgehead atoms. The van der Waals surface area contributed by atoms with Crippen molar-refractivity contribution in [2.75, 3.05) is 9.80 Å². The average Bonchev–Trinajstić information content (AvgIpc) is 3.75. The van der Waals surface area contributed by atoms with Crippen LogP contribution in [0.2, 0.25) is 0 Å². The van der Waals surface area contributed by atoms with Gasteiger partial charge in [0.2, 0.25) is 0 Å². The van der Waals surface area contributed by atoms with Crippen molar-refractivity contribution in [1.29, 1.82) is 0 Å². The molecule has 1 aromatic heterocycles. The SMILES string of the molecule is c1ccc(-c2ccc(N(c3ccccc3)c3ccc4c(c3)cc(N(c3ccccc3)c3ccc(-c5ccccc5)cc3)c3c4c4c5ccccc5ccc4n3-c3ccccc3)cc2)cc1. The molecule has 0 atom stereocenters. The van der Waals surface area contributed by atoms with Crippen molar-refractivity contribution >= 4 is 77.5 Å². The predicted molar refractivity (Wildman–Crippen MR) is 276 cm³/mol. The summed E-state index contributed by atoms with van der Waals surface area (Å²) in [5.41, 5.74) is 14.7. The fraction of sp³-hybridized carbons (Fsp3) is 0. The third kappa shape index (κ3) is 6.78. The van der Waals surface area contributed by atoms with Gasteiger partial charge in [-0.3, -0.25) is 0 Å². The lowest BCUT2D eigenvalue weighted by molar-refractivity contribution is 1.17. The van der Waals surface area contributed by atoms with E-state index in [1.54, 1.807) is 0 Å². The van der Waals surface area contributed by atoms with E-state index >= 15 is 0 Å². The first kappa shape index (κ1) is 38.0. The number of para-hydroxylation sites is 3. The number of anilines is 6. The minimum atomic E-state index is 1.08. The van der Waals surface area contributed by atoms with E-state index in [1.807, 2.05) is 0 Å². The molecule has 0 unspecified atom stereocenters. The molecule has 0 aliphatic rings. The molecule has 0 aliphatic heterocycles. The van der Waals surface area contributed by atoms with E-state index in [2.05, 4.69) is 275 Å². The number of rotatable bonds is 9. The van der Waals surface area contributed by atoms with E-state index < -0.39 is 0 Å². The number of fused-ring (bicyclic) bond motifs is 7. The van der Waals surface area contributed by atoms with Gasteiger partial charge in [0.1, 0.15) is 0 Å². The normalized spacial score (nSPS) is 11.4. The van der Waals surface area contributed by atoms with Gasteiger partial charge in [0.15, 0.2) is 0 Å². The number of aromatic nitrogens is 1. The van der Waals surface area contributed by atoms with Gasteiger partial charge in [-0.1, -0.05) is 176 Å². The average molecular weight is 830 g/mol. The Morgan fingerprint density at radius 3 is 1.32 bits per heavy atom. The molecule has 306 valence electrons. The zero-order valence-electron chi connectivity index (χ0n) is 35.7. The summed E-state index contributed by atoms with van der Waals surface area (Å²) in [6.07, 6.45) is 0. The summed E-state index contributed by atoms with van der Waals surface area (Å²) >= 11 is 0. The van der Waals surface area contributed by atoms with Crippen LogP contribution in [0.4, 0.5) is 34.1 Å². The summed E-state index contributed by atoms with van der Waals surface area (Å²) in [5.74, 6) is 0. The Hall–Kier alpha value is -8.66. The maximum Gasteiger partial charge on any atom is 0.0789 e. The number of nitrogens with zero attached hydrogens (tertiary/aromatic N) is 3. The third-order valence-electron chi connectivity index (χ3n) is 12.7. The van der Waals surface area contributed by atoms with Gasteiger partial charge in [-0.15, -0.1) is 0 Å². The molecule has 3 heteroatoms. The minimum absolute atomic E-state index is 1.08. The van der Waals surface area contributed by atoms with Crippen LogP contribution in [-0.4, -0.2) is 4.57 Å². The van der Waals surface area contributed by atoms with E-state index in [0.717, 1.165) is 50.7 Å². The van der Waals surface area contributed by atoms with Crippen molar-refractivity contribution in [3.63, 3.8) is 0 Å². The van der Waals surface area contributed by atoms with Crippen LogP contribution in [0, 0.1) is 0 Å². The highest BCUT2D eigenvalue weighted by Crippen LogP contribution is 2.49. The van der Waals surface area contributed by atoms with Gasteiger partial charge < -0.3 is 14.4 Å². The second-order valence-corrected chi connectivity index (χ2v) is 16.5. The molecule has 11 aromatic carbocycles. The summed E-state index contributed by atoms with van der Waals surface area (Å²) in [6.45, 7) is 0. The van der Waals surface area contributed by atoms with Gasteiger partial charge in [0.25, 0.3) is 0 Å². The van der Waals surface area contributed by atoms with Crippen LogP contribution in [0.15, 0.2) is 261 Å². The highest BCUT2D eigenvalue weighted by Gasteiger charge is 2.26. The zero-order chi connectivity index (χ0) is 43.1. The Bertz CT molecular complexity index is 3600. The van der Waals surface area contributed by atoms with Crippen LogP contribution in [0.3, 0.4) is 0 Å². The van der Waals surface area contributed by atoms with Crippen molar-refractivity contribution in [2.24, 2.45) is 0 Å². The highest BCUT2D eigenvalue weighted by molar-refractivity contribution is 6.31. The van der Waals surface area contributed by atoms with Gasteiger partial charge in [-0.25, -0.2) is 0 Å². The molecule has 1 heterocycles. The number of hydrogen-bond donors (Lipinski definition) is 0. The second kappa shape index (κ2) is 16.2. The van der Waals surface area contributed by atoms with E-state index in [0.29, 0.717) is 0 Å². The minimum Gasteiger partial charge on any atom is -0.310 e. The van der Waals surface area contributed by atoms with Crippen LogP contribution < -0.4 is 9.80 Å². The largest absolute Gasteiger partial charge is 0.310 e. The molecular weight excluding hydrogens is 787 g/mol. The van der Waals surface area contributed by atoms with Crippen LogP contribution in [0.5, 0.6) is 0 Å². The highest BCUT2D eigenvalue weighted by atomic mass is 15.2. The lowest BCUT2D eigenvalue weighted by atomic mass is 9.97. The monoisotopic (exact) mass is 829 g/mol. The van der Waals surface area contributed by atoms with Crippen molar-refractivity contribution in [1.82, 2.24) is 4.57 Å². The first-order valence-corrected chi connectivity index (χ1v) is 22.3. The first-order chi connectivity index (χ1) is 32.3. The van der Waals surface area contributed by atoms with Gasteiger partial charge >= 0.3 is 0 Å². The zero-order valence-corrected chi connectivity index (χ0v) is 35.7. The summed E-state index contributed by atoms with van der Waals surface area (Å²) in [4.78, 5) is 4.82. The second-order valence-electron chi connectivity index (χ2n) is 16.5. The summed E-state index contributed by atoms with van der Waals surface area (Å²) < 4.78 is 2.48. The first-order valence-electron chi connectivity index (χ1n) is 22.3. The smallest absolute Gasteiger partial charge is 0.0789 e. The summed E-state index contributed by atoms with van der Waals surface area (Å²) in [6, 6.07) is 94.4. The van der Waals surface area contributed by atoms with Crippen molar-refractivity contribution in [3.05, 3.63) is 261 Å². The molecule has 65 heavy (non-hydrogen) atoms. The molecule has 0 fully saturated rings. The molecule has 12 rings (SSSR count). The molecule has 12 aromatic rings. The Morgan fingerprint density at radius 2 is 0.723 bits per heavy atom. The molecular formula is C62H43N3. The molecule has 3 nitrogen and oxygen atoms in total. The van der Waals surface area contributed by atoms with E-state index in [-0.39, 0.29) is 0 Å². The van der Waals surface area contributed by atoms with Gasteiger partial charge in [-0.05, 0) is 129 Å². The fourth-order valence-corrected chi connectivity index (χ4v) is 9.73. The Labute approximate surface area is 378 Å². The van der Waals surface area contributed by atoms with Crippen LogP contribution >= 0.6 is 0 Å². The molecule has 0 amide bonds. The van der Waals surface area contributed by atoms with E-state index in [4.69, 9.17) is 0 Å². The van der Waals surface area contributed by atoms with Crippen LogP contribution in [0.25, 0.3) is 71.3 Å². The number of benzene rings is 11. The van der Waals surface area contributed by atoms with Gasteiger partial charge in [0, 0.05) is 44.9 Å². The van der Waals surface area contributed by atoms with Crippen LogP contribution in [0.1, 0.15) is 0 Å². The van der Waals surface area contributed by atoms with Crippen molar-refractivity contribution in [2.45, 2.75) is 0 Å². The molecule has 0 saturated heterocycles. The number of hydrogen-bond acceptors (Lipinski definition) is 2. The van der Waals surface area contributed by atoms with E-state index in [1.165, 1.54) is 54.7 Å². The van der Waals surface area contributed by atoms with Crippen LogP contribution in [-0.2, 0) is 0 Å². The van der Waals surface area contributed by atoms with Crippen molar-refractivity contribution < 1.29 is 0 Å². The molecule has 0 radical (unpaired) electrons. The molecule has 0 spiro atoms. The maximum absolute atomic E-state index is 2.48. The lowest BCUT2D eigenvalue weighted by Gasteiger charge is -2.29. The molecule has 0 aliphatic carbocycles. The molecule has 0 N–H and O–H groups in total. The topological polar surface area (TPSA) is 11.4 Å². The Morgan fingerprint density at radius 1 is 0.277 bits per heavy atom. The van der Waals surface area contributed by atoms with E-state index in [9.17, 15) is 0 Å². The van der Waals surface area contributed by atoms with Gasteiger partial charge in [-0.2, -0.15) is 0 Å². The molecule has 0 saturated carbocycles. The predicted octanol–water partition coefficient (Wildman–Crippen LogP) is 17.4. The maximum atomic E-state index is 2.48. The third-order valence-corrected chi connectivity index (χ3v) is 12.7. The summed E-state index contributed by atoms with van der Waals surface area (Å²) in [7, 11) is 0. The van der Waals surface area contributed by atoms with Crippen molar-refractivity contribution in [3.8, 4) is 27.9 Å².